The average Bonchev–Trinajstić information content (AvgIpc) is 1.84. The molecule has 0 aromatic rings. The maximum Gasteiger partial charge on any atom is 0.327 e. The Kier molecular flexibility index (Phi) is 9.23. The molecule has 0 fully saturated rings. The van der Waals surface area contributed by atoms with Gasteiger partial charge in [0, 0.05) is 40.6 Å². The zero-order valence-corrected chi connectivity index (χ0v) is 11.5. The Morgan fingerprint density at radius 3 is 2.40 bits per heavy atom. The average molecular weight is 265 g/mol. The Balaban J connectivity index is 0. The van der Waals surface area contributed by atoms with Gasteiger partial charge in [-0.05, 0) is 6.42 Å². The molecule has 0 aliphatic heterocycles. The van der Waals surface area contributed by atoms with Crippen LogP contribution in [0.5, 0.6) is 0 Å². The summed E-state index contributed by atoms with van der Waals surface area (Å²) < 4.78 is 15.0. The standard InChI is InChI=1S/C5H13O3P.Cd/c1-3-4-5-9(6,7)8-2;/h3-5H2,1-2H3,(H,6,7);. The van der Waals surface area contributed by atoms with Crippen LogP contribution >= 0.6 is 7.60 Å². The first-order valence-electron chi connectivity index (χ1n) is 3.00. The van der Waals surface area contributed by atoms with Gasteiger partial charge in [0.05, 0.1) is 0 Å². The van der Waals surface area contributed by atoms with Crippen molar-refractivity contribution in [2.24, 2.45) is 0 Å². The summed E-state index contributed by atoms with van der Waals surface area (Å²) in [6.45, 7) is 1.97. The molecule has 10 heavy (non-hydrogen) atoms. The monoisotopic (exact) mass is 266 g/mol. The van der Waals surface area contributed by atoms with E-state index < -0.39 is 7.60 Å². The topological polar surface area (TPSA) is 46.5 Å². The van der Waals surface area contributed by atoms with Crippen LogP contribution in [0.25, 0.3) is 0 Å². The molecule has 1 atom stereocenters. The van der Waals surface area contributed by atoms with E-state index in [2.05, 4.69) is 4.52 Å². The van der Waals surface area contributed by atoms with Crippen molar-refractivity contribution in [2.75, 3.05) is 13.3 Å². The molecule has 1 unspecified atom stereocenters. The fraction of sp³-hybridized carbons (Fsp3) is 1.00. The van der Waals surface area contributed by atoms with Crippen LogP contribution in [-0.2, 0) is 36.4 Å². The van der Waals surface area contributed by atoms with Crippen LogP contribution < -0.4 is 0 Å². The summed E-state index contributed by atoms with van der Waals surface area (Å²) in [5.74, 6) is 0. The van der Waals surface area contributed by atoms with E-state index in [0.717, 1.165) is 12.8 Å². The maximum absolute atomic E-state index is 10.7. The Morgan fingerprint density at radius 2 is 2.10 bits per heavy atom. The van der Waals surface area contributed by atoms with Gasteiger partial charge in [0.1, 0.15) is 0 Å². The molecule has 0 spiro atoms. The van der Waals surface area contributed by atoms with E-state index in [0.29, 0.717) is 0 Å². The quantitative estimate of drug-likeness (QED) is 0.620. The molecule has 0 bridgehead atoms. The van der Waals surface area contributed by atoms with Crippen molar-refractivity contribution < 1.29 is 41.3 Å². The third kappa shape index (κ3) is 7.18. The van der Waals surface area contributed by atoms with Crippen LogP contribution in [0.2, 0.25) is 0 Å². The van der Waals surface area contributed by atoms with Crippen molar-refractivity contribution in [1.82, 2.24) is 0 Å². The van der Waals surface area contributed by atoms with Crippen LogP contribution in [0, 0.1) is 0 Å². The molecule has 0 saturated heterocycles. The first-order chi connectivity index (χ1) is 4.12. The van der Waals surface area contributed by atoms with E-state index in [1.165, 1.54) is 7.11 Å². The molecule has 0 heterocycles. The molecule has 0 amide bonds. The van der Waals surface area contributed by atoms with Gasteiger partial charge in [-0.15, -0.1) is 0 Å². The Labute approximate surface area is 81.9 Å². The smallest absolute Gasteiger partial charge is 0.324 e. The van der Waals surface area contributed by atoms with Crippen LogP contribution in [0.3, 0.4) is 0 Å². The van der Waals surface area contributed by atoms with Crippen molar-refractivity contribution in [3.63, 3.8) is 0 Å². The SMILES string of the molecule is CCCCP(=O)(O)OC.[Cd]. The predicted molar refractivity (Wildman–Crippen MR) is 36.6 cm³/mol. The van der Waals surface area contributed by atoms with Crippen LogP contribution in [0.1, 0.15) is 19.8 Å². The fourth-order valence-electron chi connectivity index (χ4n) is 0.449. The van der Waals surface area contributed by atoms with Gasteiger partial charge in [-0.25, -0.2) is 0 Å². The van der Waals surface area contributed by atoms with E-state index in [1.54, 1.807) is 0 Å². The van der Waals surface area contributed by atoms with Crippen LogP contribution in [0.4, 0.5) is 0 Å². The van der Waals surface area contributed by atoms with Gasteiger partial charge in [-0.2, -0.15) is 0 Å². The molecule has 3 nitrogen and oxygen atoms in total. The van der Waals surface area contributed by atoms with Crippen molar-refractivity contribution in [1.29, 1.82) is 0 Å². The molecule has 0 rings (SSSR count). The van der Waals surface area contributed by atoms with Crippen molar-refractivity contribution in [3.05, 3.63) is 0 Å². The molecule has 1 N–H and O–H groups in total. The summed E-state index contributed by atoms with van der Waals surface area (Å²) in [5.41, 5.74) is 0. The van der Waals surface area contributed by atoms with Gasteiger partial charge in [0.2, 0.25) is 0 Å². The Morgan fingerprint density at radius 1 is 1.60 bits per heavy atom. The van der Waals surface area contributed by atoms with Gasteiger partial charge >= 0.3 is 7.60 Å². The number of rotatable bonds is 4. The van der Waals surface area contributed by atoms with Gasteiger partial charge in [0.25, 0.3) is 0 Å². The number of unbranched alkanes of at least 4 members (excludes halogenated alkanes) is 1. The van der Waals surface area contributed by atoms with Crippen molar-refractivity contribution >= 4 is 7.60 Å². The molecule has 58 valence electrons. The molecule has 0 saturated carbocycles. The number of hydrogen-bond donors (Lipinski definition) is 1. The Bertz CT molecular complexity index is 117. The van der Waals surface area contributed by atoms with Crippen molar-refractivity contribution in [2.45, 2.75) is 19.8 Å². The molecule has 0 radical (unpaired) electrons. The summed E-state index contributed by atoms with van der Waals surface area (Å²) in [4.78, 5) is 8.79. The largest absolute Gasteiger partial charge is 0.327 e. The summed E-state index contributed by atoms with van der Waals surface area (Å²) >= 11 is 0. The molecule has 0 aliphatic rings. The first kappa shape index (κ1) is 13.6. The second-order valence-corrected chi connectivity index (χ2v) is 3.98. The summed E-state index contributed by atoms with van der Waals surface area (Å²) in [5, 5.41) is 0. The fourth-order valence-corrected chi connectivity index (χ4v) is 1.35. The van der Waals surface area contributed by atoms with Crippen LogP contribution in [0.15, 0.2) is 0 Å². The minimum absolute atomic E-state index is 0. The molecular formula is C5H13CdO3P. The first-order valence-corrected chi connectivity index (χ1v) is 4.76. The molecule has 5 heteroatoms. The summed E-state index contributed by atoms with van der Waals surface area (Å²) in [6.07, 6.45) is 1.95. The van der Waals surface area contributed by atoms with E-state index in [4.69, 9.17) is 4.89 Å². The van der Waals surface area contributed by atoms with E-state index in [-0.39, 0.29) is 33.5 Å². The molecule has 0 aromatic carbocycles. The summed E-state index contributed by atoms with van der Waals surface area (Å²) in [6, 6.07) is 0. The molecule has 0 aliphatic carbocycles. The van der Waals surface area contributed by atoms with Gasteiger partial charge < -0.3 is 9.42 Å². The van der Waals surface area contributed by atoms with Crippen molar-refractivity contribution in [3.8, 4) is 0 Å². The maximum atomic E-state index is 10.7. The van der Waals surface area contributed by atoms with Crippen LogP contribution in [-0.4, -0.2) is 18.2 Å². The van der Waals surface area contributed by atoms with E-state index >= 15 is 0 Å². The van der Waals surface area contributed by atoms with Gasteiger partial charge in [-0.1, -0.05) is 13.3 Å². The predicted octanol–water partition coefficient (Wildman–Crippen LogP) is 1.62. The minimum atomic E-state index is -3.19. The minimum Gasteiger partial charge on any atom is -0.324 e. The zero-order chi connectivity index (χ0) is 7.33. The second-order valence-electron chi connectivity index (χ2n) is 1.90. The van der Waals surface area contributed by atoms with Gasteiger partial charge in [0.15, 0.2) is 0 Å². The zero-order valence-electron chi connectivity index (χ0n) is 6.54. The third-order valence-electron chi connectivity index (χ3n) is 1.08. The Hall–Kier alpha value is 1.07. The summed E-state index contributed by atoms with van der Waals surface area (Å²) in [7, 11) is -1.93. The normalized spacial score (nSPS) is 15.5. The van der Waals surface area contributed by atoms with E-state index in [9.17, 15) is 4.57 Å². The molecule has 0 aromatic heterocycles. The third-order valence-corrected chi connectivity index (χ3v) is 2.53. The van der Waals surface area contributed by atoms with E-state index in [1.807, 2.05) is 6.92 Å². The van der Waals surface area contributed by atoms with Gasteiger partial charge in [-0.3, -0.25) is 4.57 Å². The number of hydrogen-bond acceptors (Lipinski definition) is 2. The second kappa shape index (κ2) is 6.76. The molecular weight excluding hydrogens is 251 g/mol.